The van der Waals surface area contributed by atoms with Crippen molar-refractivity contribution in [3.8, 4) is 0 Å². The van der Waals surface area contributed by atoms with Gasteiger partial charge in [-0.3, -0.25) is 9.69 Å². The summed E-state index contributed by atoms with van der Waals surface area (Å²) in [6.07, 6.45) is 5.11. The largest absolute Gasteiger partial charge is 0.353 e. The second kappa shape index (κ2) is 5.96. The first-order valence-electron chi connectivity index (χ1n) is 7.92. The SMILES string of the molecule is CCCCCC1CN2CCNC(=O)C2c2ccccc21. The Kier molecular flexibility index (Phi) is 4.06. The monoisotopic (exact) mass is 272 g/mol. The van der Waals surface area contributed by atoms with E-state index in [2.05, 4.69) is 41.4 Å². The van der Waals surface area contributed by atoms with E-state index in [1.165, 1.54) is 36.8 Å². The number of fused-ring (bicyclic) bond motifs is 3. The van der Waals surface area contributed by atoms with Crippen LogP contribution in [0.2, 0.25) is 0 Å². The van der Waals surface area contributed by atoms with Crippen molar-refractivity contribution in [3.63, 3.8) is 0 Å². The lowest BCUT2D eigenvalue weighted by Crippen LogP contribution is -2.53. The average Bonchev–Trinajstić information content (AvgIpc) is 2.47. The minimum atomic E-state index is -0.0534. The highest BCUT2D eigenvalue weighted by Crippen LogP contribution is 2.39. The zero-order valence-electron chi connectivity index (χ0n) is 12.3. The maximum Gasteiger partial charge on any atom is 0.242 e. The summed E-state index contributed by atoms with van der Waals surface area (Å²) in [5, 5.41) is 3.01. The highest BCUT2D eigenvalue weighted by Gasteiger charge is 2.38. The number of unbranched alkanes of at least 4 members (excludes halogenated alkanes) is 2. The molecule has 2 aliphatic heterocycles. The zero-order chi connectivity index (χ0) is 13.9. The third-order valence-electron chi connectivity index (χ3n) is 4.65. The second-order valence-electron chi connectivity index (χ2n) is 6.01. The van der Waals surface area contributed by atoms with E-state index in [1.54, 1.807) is 0 Å². The molecule has 3 nitrogen and oxygen atoms in total. The Balaban J connectivity index is 1.87. The maximum absolute atomic E-state index is 12.2. The first kappa shape index (κ1) is 13.6. The molecular formula is C17H24N2O. The van der Waals surface area contributed by atoms with E-state index in [1.807, 2.05) is 0 Å². The lowest BCUT2D eigenvalue weighted by Gasteiger charge is -2.43. The molecule has 1 N–H and O–H groups in total. The molecular weight excluding hydrogens is 248 g/mol. The topological polar surface area (TPSA) is 32.3 Å². The van der Waals surface area contributed by atoms with Gasteiger partial charge in [0.2, 0.25) is 5.91 Å². The summed E-state index contributed by atoms with van der Waals surface area (Å²) in [6, 6.07) is 8.49. The number of hydrogen-bond acceptors (Lipinski definition) is 2. The molecule has 108 valence electrons. The molecule has 1 fully saturated rings. The van der Waals surface area contributed by atoms with Gasteiger partial charge in [-0.1, -0.05) is 50.5 Å². The fraction of sp³-hybridized carbons (Fsp3) is 0.588. The summed E-state index contributed by atoms with van der Waals surface area (Å²) in [6.45, 7) is 5.06. The molecule has 20 heavy (non-hydrogen) atoms. The zero-order valence-corrected chi connectivity index (χ0v) is 12.3. The van der Waals surface area contributed by atoms with Crippen LogP contribution in [-0.2, 0) is 4.79 Å². The fourth-order valence-electron chi connectivity index (χ4n) is 3.65. The number of amides is 1. The van der Waals surface area contributed by atoms with Crippen molar-refractivity contribution in [2.24, 2.45) is 0 Å². The number of carbonyl (C=O) groups is 1. The Morgan fingerprint density at radius 1 is 1.25 bits per heavy atom. The Labute approximate surface area is 121 Å². The number of benzene rings is 1. The molecule has 3 heteroatoms. The molecule has 1 amide bonds. The Morgan fingerprint density at radius 3 is 2.85 bits per heavy atom. The third kappa shape index (κ3) is 2.47. The molecule has 0 radical (unpaired) electrons. The van der Waals surface area contributed by atoms with Crippen LogP contribution in [0.1, 0.15) is 55.7 Å². The Hall–Kier alpha value is -1.35. The predicted molar refractivity (Wildman–Crippen MR) is 80.6 cm³/mol. The minimum absolute atomic E-state index is 0.0534. The fourth-order valence-corrected chi connectivity index (χ4v) is 3.65. The third-order valence-corrected chi connectivity index (χ3v) is 4.65. The molecule has 2 aliphatic rings. The van der Waals surface area contributed by atoms with Gasteiger partial charge >= 0.3 is 0 Å². The van der Waals surface area contributed by atoms with E-state index in [-0.39, 0.29) is 11.9 Å². The molecule has 0 spiro atoms. The quantitative estimate of drug-likeness (QED) is 0.855. The summed E-state index contributed by atoms with van der Waals surface area (Å²) in [4.78, 5) is 14.6. The Bertz CT molecular complexity index is 486. The van der Waals surface area contributed by atoms with Crippen molar-refractivity contribution in [2.75, 3.05) is 19.6 Å². The summed E-state index contributed by atoms with van der Waals surface area (Å²) in [7, 11) is 0. The maximum atomic E-state index is 12.2. The number of piperazine rings is 1. The number of nitrogens with one attached hydrogen (secondary N) is 1. The molecule has 0 saturated carbocycles. The van der Waals surface area contributed by atoms with Crippen molar-refractivity contribution in [2.45, 2.75) is 44.6 Å². The molecule has 2 unspecified atom stereocenters. The molecule has 0 aliphatic carbocycles. The molecule has 3 rings (SSSR count). The standard InChI is InChI=1S/C17H24N2O/c1-2-3-4-7-13-12-19-11-10-18-17(20)16(19)15-9-6-5-8-14(13)15/h5-6,8-9,13,16H,2-4,7,10-12H2,1H3,(H,18,20). The van der Waals surface area contributed by atoms with Gasteiger partial charge in [-0.2, -0.15) is 0 Å². The molecule has 2 atom stereocenters. The van der Waals surface area contributed by atoms with Crippen molar-refractivity contribution >= 4 is 5.91 Å². The van der Waals surface area contributed by atoms with Gasteiger partial charge in [-0.25, -0.2) is 0 Å². The van der Waals surface area contributed by atoms with Crippen LogP contribution >= 0.6 is 0 Å². The molecule has 1 aromatic carbocycles. The Morgan fingerprint density at radius 2 is 2.05 bits per heavy atom. The first-order chi connectivity index (χ1) is 9.81. The number of nitrogens with zero attached hydrogens (tertiary/aromatic N) is 1. The van der Waals surface area contributed by atoms with Gasteiger partial charge in [0.15, 0.2) is 0 Å². The van der Waals surface area contributed by atoms with Crippen LogP contribution in [0.25, 0.3) is 0 Å². The van der Waals surface area contributed by atoms with E-state index in [0.29, 0.717) is 5.92 Å². The van der Waals surface area contributed by atoms with E-state index >= 15 is 0 Å². The first-order valence-corrected chi connectivity index (χ1v) is 7.92. The van der Waals surface area contributed by atoms with Crippen molar-refractivity contribution in [1.82, 2.24) is 10.2 Å². The van der Waals surface area contributed by atoms with Crippen LogP contribution in [0, 0.1) is 0 Å². The van der Waals surface area contributed by atoms with E-state index in [9.17, 15) is 4.79 Å². The van der Waals surface area contributed by atoms with Crippen LogP contribution in [0.5, 0.6) is 0 Å². The molecule has 2 heterocycles. The van der Waals surface area contributed by atoms with Gasteiger partial charge in [0.05, 0.1) is 0 Å². The number of carbonyl (C=O) groups excluding carboxylic acids is 1. The van der Waals surface area contributed by atoms with Gasteiger partial charge in [0, 0.05) is 19.6 Å². The number of hydrogen-bond donors (Lipinski definition) is 1. The van der Waals surface area contributed by atoms with Crippen LogP contribution in [0.3, 0.4) is 0 Å². The molecule has 0 bridgehead atoms. The summed E-state index contributed by atoms with van der Waals surface area (Å²) < 4.78 is 0. The highest BCUT2D eigenvalue weighted by atomic mass is 16.2. The van der Waals surface area contributed by atoms with Crippen molar-refractivity contribution < 1.29 is 4.79 Å². The van der Waals surface area contributed by atoms with Gasteiger partial charge in [0.1, 0.15) is 6.04 Å². The van der Waals surface area contributed by atoms with Gasteiger partial charge in [-0.05, 0) is 23.5 Å². The summed E-state index contributed by atoms with van der Waals surface area (Å²) in [5.41, 5.74) is 2.64. The molecule has 0 aromatic heterocycles. The van der Waals surface area contributed by atoms with Crippen LogP contribution < -0.4 is 5.32 Å². The van der Waals surface area contributed by atoms with Crippen molar-refractivity contribution in [3.05, 3.63) is 35.4 Å². The minimum Gasteiger partial charge on any atom is -0.353 e. The summed E-state index contributed by atoms with van der Waals surface area (Å²) in [5.74, 6) is 0.774. The van der Waals surface area contributed by atoms with E-state index < -0.39 is 0 Å². The highest BCUT2D eigenvalue weighted by molar-refractivity contribution is 5.84. The average molecular weight is 272 g/mol. The van der Waals surface area contributed by atoms with E-state index in [0.717, 1.165) is 19.6 Å². The lowest BCUT2D eigenvalue weighted by molar-refractivity contribution is -0.129. The molecule has 1 saturated heterocycles. The van der Waals surface area contributed by atoms with Gasteiger partial charge in [0.25, 0.3) is 0 Å². The van der Waals surface area contributed by atoms with Gasteiger partial charge in [-0.15, -0.1) is 0 Å². The molecule has 1 aromatic rings. The van der Waals surface area contributed by atoms with Gasteiger partial charge < -0.3 is 5.32 Å². The lowest BCUT2D eigenvalue weighted by atomic mass is 9.81. The predicted octanol–water partition coefficient (Wildman–Crippen LogP) is 2.84. The van der Waals surface area contributed by atoms with Crippen LogP contribution in [-0.4, -0.2) is 30.4 Å². The van der Waals surface area contributed by atoms with Crippen LogP contribution in [0.15, 0.2) is 24.3 Å². The smallest absolute Gasteiger partial charge is 0.242 e. The normalized spacial score (nSPS) is 25.8. The van der Waals surface area contributed by atoms with Crippen LogP contribution in [0.4, 0.5) is 0 Å². The second-order valence-corrected chi connectivity index (χ2v) is 6.01. The summed E-state index contributed by atoms with van der Waals surface area (Å²) >= 11 is 0. The number of rotatable bonds is 4. The van der Waals surface area contributed by atoms with Crippen molar-refractivity contribution in [1.29, 1.82) is 0 Å². The van der Waals surface area contributed by atoms with E-state index in [4.69, 9.17) is 0 Å².